The smallest absolute Gasteiger partial charge is 0.125 e. The molecule has 2 rings (SSSR count). The number of aromatic carboxylic acids is 1. The number of halogens is 1. The number of aryl methyl sites for hydroxylation is 1. The number of carboxylic acid groups (broad SMARTS) is 1. The zero-order valence-corrected chi connectivity index (χ0v) is 10.8. The van der Waals surface area contributed by atoms with Gasteiger partial charge in [0.05, 0.1) is 23.0 Å². The van der Waals surface area contributed by atoms with Gasteiger partial charge in [-0.25, -0.2) is 9.07 Å². The fourth-order valence-corrected chi connectivity index (χ4v) is 2.10. The molecule has 0 saturated carbocycles. The Hall–Kier alpha value is -2.17. The summed E-state index contributed by atoms with van der Waals surface area (Å²) >= 11 is 0. The van der Waals surface area contributed by atoms with E-state index in [2.05, 4.69) is 5.10 Å². The highest BCUT2D eigenvalue weighted by Crippen LogP contribution is 2.19. The van der Waals surface area contributed by atoms with Crippen LogP contribution in [0.2, 0.25) is 0 Å². The molecule has 100 valence electrons. The van der Waals surface area contributed by atoms with Crippen LogP contribution in [0.3, 0.4) is 0 Å². The zero-order valence-electron chi connectivity index (χ0n) is 10.8. The van der Waals surface area contributed by atoms with Crippen molar-refractivity contribution in [1.29, 1.82) is 0 Å². The van der Waals surface area contributed by atoms with E-state index in [-0.39, 0.29) is 11.4 Å². The molecule has 0 radical (unpaired) electrons. The lowest BCUT2D eigenvalue weighted by Crippen LogP contribution is -2.24. The molecular formula is C14H14FN2O2-. The van der Waals surface area contributed by atoms with Crippen LogP contribution in [0, 0.1) is 12.7 Å². The molecule has 0 amide bonds. The maximum Gasteiger partial charge on any atom is 0.125 e. The number of carboxylic acids is 1. The molecule has 0 aliphatic carbocycles. The Kier molecular flexibility index (Phi) is 3.64. The highest BCUT2D eigenvalue weighted by atomic mass is 19.1. The summed E-state index contributed by atoms with van der Waals surface area (Å²) < 4.78 is 14.7. The van der Waals surface area contributed by atoms with Gasteiger partial charge in [0.2, 0.25) is 0 Å². The predicted octanol–water partition coefficient (Wildman–Crippen LogP) is 1.64. The fourth-order valence-electron chi connectivity index (χ4n) is 2.10. The molecule has 1 aromatic carbocycles. The number of nitrogens with zero attached hydrogens (tertiary/aromatic N) is 2. The van der Waals surface area contributed by atoms with Gasteiger partial charge in [-0.3, -0.25) is 0 Å². The van der Waals surface area contributed by atoms with E-state index in [9.17, 15) is 14.3 Å². The number of rotatable bonds is 4. The van der Waals surface area contributed by atoms with E-state index >= 15 is 0 Å². The Balaban J connectivity index is 2.59. The van der Waals surface area contributed by atoms with Gasteiger partial charge in [-0.15, -0.1) is 0 Å². The molecule has 0 saturated heterocycles. The minimum Gasteiger partial charge on any atom is -0.545 e. The second-order valence-electron chi connectivity index (χ2n) is 4.34. The number of aromatic nitrogens is 2. The average molecular weight is 261 g/mol. The van der Waals surface area contributed by atoms with Crippen LogP contribution >= 0.6 is 0 Å². The van der Waals surface area contributed by atoms with Gasteiger partial charge in [0.25, 0.3) is 0 Å². The molecule has 4 nitrogen and oxygen atoms in total. The average Bonchev–Trinajstić information content (AvgIpc) is 2.67. The molecule has 1 aromatic heterocycles. The highest BCUT2D eigenvalue weighted by molar-refractivity contribution is 5.88. The molecule has 0 aliphatic rings. The van der Waals surface area contributed by atoms with E-state index in [1.165, 1.54) is 16.8 Å². The van der Waals surface area contributed by atoms with Crippen molar-refractivity contribution in [2.24, 2.45) is 0 Å². The van der Waals surface area contributed by atoms with Gasteiger partial charge in [-0.1, -0.05) is 19.4 Å². The van der Waals surface area contributed by atoms with E-state index in [1.54, 1.807) is 19.1 Å². The van der Waals surface area contributed by atoms with Gasteiger partial charge in [0.1, 0.15) is 5.82 Å². The first kappa shape index (κ1) is 13.3. The first-order chi connectivity index (χ1) is 9.04. The molecule has 0 atom stereocenters. The van der Waals surface area contributed by atoms with Crippen LogP contribution in [-0.4, -0.2) is 15.7 Å². The summed E-state index contributed by atoms with van der Waals surface area (Å²) in [6.07, 6.45) is 1.33. The van der Waals surface area contributed by atoms with Gasteiger partial charge in [0.15, 0.2) is 0 Å². The predicted molar refractivity (Wildman–Crippen MR) is 66.6 cm³/mol. The molecule has 1 heterocycles. The first-order valence-corrected chi connectivity index (χ1v) is 6.10. The van der Waals surface area contributed by atoms with Crippen LogP contribution in [-0.2, 0) is 6.42 Å². The van der Waals surface area contributed by atoms with Crippen LogP contribution < -0.4 is 5.11 Å². The van der Waals surface area contributed by atoms with Crippen LogP contribution in [0.25, 0.3) is 5.69 Å². The lowest BCUT2D eigenvalue weighted by Gasteiger charge is -2.06. The SMILES string of the molecule is CCCc1nn(-c2cccc(F)c2)c(C)c1C(=O)[O-]. The van der Waals surface area contributed by atoms with Crippen molar-refractivity contribution < 1.29 is 14.3 Å². The Morgan fingerprint density at radius 2 is 2.21 bits per heavy atom. The third-order valence-corrected chi connectivity index (χ3v) is 2.93. The number of carbonyl (C=O) groups is 1. The van der Waals surface area contributed by atoms with Crippen molar-refractivity contribution in [3.63, 3.8) is 0 Å². The fraction of sp³-hybridized carbons (Fsp3) is 0.286. The van der Waals surface area contributed by atoms with Crippen LogP contribution in [0.5, 0.6) is 0 Å². The number of hydrogen-bond acceptors (Lipinski definition) is 3. The lowest BCUT2D eigenvalue weighted by atomic mass is 10.1. The van der Waals surface area contributed by atoms with Crippen molar-refractivity contribution in [3.8, 4) is 5.69 Å². The Morgan fingerprint density at radius 1 is 1.47 bits per heavy atom. The summed E-state index contributed by atoms with van der Waals surface area (Å²) in [5.74, 6) is -1.64. The quantitative estimate of drug-likeness (QED) is 0.840. The first-order valence-electron chi connectivity index (χ1n) is 6.10. The molecule has 0 fully saturated rings. The minimum atomic E-state index is -1.25. The second kappa shape index (κ2) is 5.22. The van der Waals surface area contributed by atoms with E-state index in [4.69, 9.17) is 0 Å². The summed E-state index contributed by atoms with van der Waals surface area (Å²) in [6, 6.07) is 5.88. The van der Waals surface area contributed by atoms with E-state index in [0.717, 1.165) is 6.42 Å². The molecule has 19 heavy (non-hydrogen) atoms. The van der Waals surface area contributed by atoms with E-state index in [1.807, 2.05) is 6.92 Å². The number of carbonyl (C=O) groups excluding carboxylic acids is 1. The van der Waals surface area contributed by atoms with Crippen molar-refractivity contribution in [2.75, 3.05) is 0 Å². The normalized spacial score (nSPS) is 10.7. The minimum absolute atomic E-state index is 0.103. The molecule has 0 bridgehead atoms. The molecule has 0 unspecified atom stereocenters. The maximum absolute atomic E-state index is 13.2. The van der Waals surface area contributed by atoms with Gasteiger partial charge in [-0.2, -0.15) is 5.10 Å². The van der Waals surface area contributed by atoms with Gasteiger partial charge < -0.3 is 9.90 Å². The largest absolute Gasteiger partial charge is 0.545 e. The van der Waals surface area contributed by atoms with Gasteiger partial charge >= 0.3 is 0 Å². The highest BCUT2D eigenvalue weighted by Gasteiger charge is 2.16. The summed E-state index contributed by atoms with van der Waals surface area (Å²) in [4.78, 5) is 11.2. The van der Waals surface area contributed by atoms with Crippen molar-refractivity contribution >= 4 is 5.97 Å². The van der Waals surface area contributed by atoms with Gasteiger partial charge in [0, 0.05) is 5.56 Å². The molecule has 0 N–H and O–H groups in total. The Bertz CT molecular complexity index is 620. The Labute approximate surface area is 110 Å². The summed E-state index contributed by atoms with van der Waals surface area (Å²) in [5.41, 5.74) is 1.53. The topological polar surface area (TPSA) is 58.0 Å². The summed E-state index contributed by atoms with van der Waals surface area (Å²) in [5, 5.41) is 15.5. The van der Waals surface area contributed by atoms with Crippen LogP contribution in [0.4, 0.5) is 4.39 Å². The zero-order chi connectivity index (χ0) is 14.0. The summed E-state index contributed by atoms with van der Waals surface area (Å²) in [7, 11) is 0. The maximum atomic E-state index is 13.2. The van der Waals surface area contributed by atoms with Crippen LogP contribution in [0.1, 0.15) is 35.1 Å². The Morgan fingerprint density at radius 3 is 2.79 bits per heavy atom. The molecule has 5 heteroatoms. The van der Waals surface area contributed by atoms with Crippen molar-refractivity contribution in [1.82, 2.24) is 9.78 Å². The van der Waals surface area contributed by atoms with Crippen molar-refractivity contribution in [2.45, 2.75) is 26.7 Å². The molecule has 0 spiro atoms. The monoisotopic (exact) mass is 261 g/mol. The number of hydrogen-bond donors (Lipinski definition) is 0. The van der Waals surface area contributed by atoms with Gasteiger partial charge in [-0.05, 0) is 31.5 Å². The third kappa shape index (κ3) is 2.50. The molecule has 2 aromatic rings. The van der Waals surface area contributed by atoms with Crippen molar-refractivity contribution in [3.05, 3.63) is 47.0 Å². The van der Waals surface area contributed by atoms with E-state index in [0.29, 0.717) is 23.5 Å². The standard InChI is InChI=1S/C14H15FN2O2/c1-3-5-12-13(14(18)19)9(2)17(16-12)11-7-4-6-10(15)8-11/h4,6-8H,3,5H2,1-2H3,(H,18,19)/p-1. The third-order valence-electron chi connectivity index (χ3n) is 2.93. The summed E-state index contributed by atoms with van der Waals surface area (Å²) in [6.45, 7) is 3.58. The molecular weight excluding hydrogens is 247 g/mol. The van der Waals surface area contributed by atoms with E-state index < -0.39 is 5.97 Å². The van der Waals surface area contributed by atoms with Crippen LogP contribution in [0.15, 0.2) is 24.3 Å². The number of benzene rings is 1. The lowest BCUT2D eigenvalue weighted by molar-refractivity contribution is -0.255. The second-order valence-corrected chi connectivity index (χ2v) is 4.34. The molecule has 0 aliphatic heterocycles.